The predicted octanol–water partition coefficient (Wildman–Crippen LogP) is -6.85. The molecule has 40 heteroatoms. The zero-order chi connectivity index (χ0) is 41.4. The normalized spacial score (nSPS) is 34.4. The third-order valence-electron chi connectivity index (χ3n) is 5.83. The molecule has 0 aromatic rings. The number of hydrogen-bond donors (Lipinski definition) is 19. The summed E-state index contributed by atoms with van der Waals surface area (Å²) in [6, 6.07) is 0. The molecule has 2 aliphatic carbocycles. The minimum Gasteiger partial charge on any atom is -0.387 e. The van der Waals surface area contributed by atoms with Crippen molar-refractivity contribution in [1.29, 1.82) is 0 Å². The fourth-order valence-corrected chi connectivity index (χ4v) is 8.18. The van der Waals surface area contributed by atoms with Crippen molar-refractivity contribution in [2.75, 3.05) is 0 Å². The van der Waals surface area contributed by atoms with E-state index in [0.717, 1.165) is 0 Å². The first kappa shape index (κ1) is 50.6. The maximum atomic E-state index is 11.4. The van der Waals surface area contributed by atoms with Gasteiger partial charge in [-0.2, -0.15) is 0 Å². The topological polar surface area (TPSA) is 568 Å². The minimum absolute atomic E-state index is 1.83. The quantitative estimate of drug-likeness (QED) is 0.0720. The molecule has 4 unspecified atom stereocenters. The van der Waals surface area contributed by atoms with Crippen LogP contribution in [0.3, 0.4) is 0 Å². The van der Waals surface area contributed by atoms with E-state index in [4.69, 9.17) is 73.6 Å². The van der Waals surface area contributed by atoms with Crippen LogP contribution in [0.2, 0.25) is 0 Å². The zero-order valence-corrected chi connectivity index (χ0v) is 30.5. The molecule has 2 rings (SSSR count). The van der Waals surface area contributed by atoms with Crippen LogP contribution in [0.4, 0.5) is 0 Å². The number of phosphoric ester groups is 7. The molecular formula is C12H31O33P7. The molecule has 2 fully saturated rings. The van der Waals surface area contributed by atoms with Crippen LogP contribution in [0.1, 0.15) is 0 Å². The lowest BCUT2D eigenvalue weighted by Crippen LogP contribution is -2.66. The summed E-state index contributed by atoms with van der Waals surface area (Å²) in [6.45, 7) is 0. The van der Waals surface area contributed by atoms with Gasteiger partial charge in [-0.1, -0.05) is 0 Å². The van der Waals surface area contributed by atoms with Gasteiger partial charge in [-0.05, 0) is 0 Å². The van der Waals surface area contributed by atoms with Crippen LogP contribution in [-0.2, 0) is 63.6 Å². The number of aliphatic hydroxyl groups excluding tert-OH is 5. The van der Waals surface area contributed by atoms with Crippen molar-refractivity contribution in [3.63, 3.8) is 0 Å². The Morgan fingerprint density at radius 3 is 0.481 bits per heavy atom. The summed E-state index contributed by atoms with van der Waals surface area (Å²) in [6.07, 6.45) is -30.2. The summed E-state index contributed by atoms with van der Waals surface area (Å²) in [7, 11) is -41.1. The summed E-state index contributed by atoms with van der Waals surface area (Å²) in [5.74, 6) is 0. The lowest BCUT2D eigenvalue weighted by atomic mass is 9.85. The maximum absolute atomic E-state index is 11.4. The van der Waals surface area contributed by atoms with Gasteiger partial charge in [-0.3, -0.25) is 31.7 Å². The van der Waals surface area contributed by atoms with Gasteiger partial charge in [0, 0.05) is 0 Å². The van der Waals surface area contributed by atoms with Crippen LogP contribution in [0.5, 0.6) is 0 Å². The van der Waals surface area contributed by atoms with E-state index in [1.165, 1.54) is 0 Å². The Hall–Kier alpha value is 0.570. The van der Waals surface area contributed by atoms with Crippen molar-refractivity contribution in [2.24, 2.45) is 0 Å². The van der Waals surface area contributed by atoms with E-state index < -0.39 is 128 Å². The fourth-order valence-electron chi connectivity index (χ4n) is 4.27. The molecule has 2 saturated carbocycles. The van der Waals surface area contributed by atoms with Gasteiger partial charge in [-0.25, -0.2) is 32.0 Å². The molecule has 19 N–H and O–H groups in total. The van der Waals surface area contributed by atoms with E-state index in [-0.39, 0.29) is 0 Å². The molecule has 2 aliphatic rings. The van der Waals surface area contributed by atoms with E-state index in [1.54, 1.807) is 0 Å². The van der Waals surface area contributed by atoms with Gasteiger partial charge < -0.3 is 94.0 Å². The molecule has 0 spiro atoms. The molecule has 0 heterocycles. The highest BCUT2D eigenvalue weighted by Gasteiger charge is 2.62. The number of hydrogen-bond acceptors (Lipinski definition) is 19. The number of phosphoric acid groups is 7. The Morgan fingerprint density at radius 2 is 0.346 bits per heavy atom. The van der Waals surface area contributed by atoms with Crippen LogP contribution >= 0.6 is 54.8 Å². The van der Waals surface area contributed by atoms with Crippen molar-refractivity contribution in [2.45, 2.75) is 73.2 Å². The highest BCUT2D eigenvalue weighted by atomic mass is 31.2. The Bertz CT molecular complexity index is 1280. The van der Waals surface area contributed by atoms with E-state index in [2.05, 4.69) is 31.7 Å². The molecule has 0 radical (unpaired) electrons. The maximum Gasteiger partial charge on any atom is 0.470 e. The Labute approximate surface area is 285 Å². The second kappa shape index (κ2) is 18.0. The Kier molecular flexibility index (Phi) is 17.5. The molecule has 0 aliphatic heterocycles. The van der Waals surface area contributed by atoms with Gasteiger partial charge in [0.2, 0.25) is 0 Å². The largest absolute Gasteiger partial charge is 0.470 e. The molecule has 0 aromatic heterocycles. The SMILES string of the molecule is O=P(O)(O)OC1C(O)C(O)C(O)C(O)C1O.O=P(O)(O)O[C@H]1[C@H](OP(=O)(O)O)[C@@H](OP(=O)(O)O)[C@H](OP(=O)(O)O)[C@@H](OP(=O)(O)O)[C@H]1OP(=O)(O)O. The van der Waals surface area contributed by atoms with Gasteiger partial charge in [0.25, 0.3) is 0 Å². The third-order valence-corrected chi connectivity index (χ3v) is 9.46. The molecular weight excluding hydrogens is 889 g/mol. The van der Waals surface area contributed by atoms with Gasteiger partial charge in [-0.15, -0.1) is 0 Å². The van der Waals surface area contributed by atoms with Gasteiger partial charge in [0.05, 0.1) is 0 Å². The predicted molar refractivity (Wildman–Crippen MR) is 148 cm³/mol. The molecule has 33 nitrogen and oxygen atoms in total. The van der Waals surface area contributed by atoms with E-state index in [0.29, 0.717) is 0 Å². The Morgan fingerprint density at radius 1 is 0.231 bits per heavy atom. The van der Waals surface area contributed by atoms with E-state index in [1.807, 2.05) is 0 Å². The summed E-state index contributed by atoms with van der Waals surface area (Å²) < 4.78 is 108. The first-order valence-electron chi connectivity index (χ1n) is 12.3. The van der Waals surface area contributed by atoms with Crippen LogP contribution < -0.4 is 0 Å². The highest BCUT2D eigenvalue weighted by Crippen LogP contribution is 2.57. The standard InChI is InChI=1S/C6H18O24P6.C6H13O9P/c7-31(8,9)25-1-2(26-32(10,11)12)4(28-34(16,17)18)6(30-36(22,23)24)5(29-35(19,20)21)3(1)27-33(13,14)15;7-1-2(8)4(10)6(5(11)3(1)9)15-16(12,13)14/h1-6H,(H2,7,8,9)(H2,10,11,12)(H2,13,14,15)(H2,16,17,18)(H2,19,20,21)(H2,22,23,24);1-11H,(H2,12,13,14)/t1-,2-,3-,4+,5-,6-;. The number of aliphatic hydroxyl groups is 5. The first-order chi connectivity index (χ1) is 22.7. The van der Waals surface area contributed by atoms with Gasteiger partial charge in [0.1, 0.15) is 73.2 Å². The van der Waals surface area contributed by atoms with E-state index >= 15 is 0 Å². The lowest BCUT2D eigenvalue weighted by molar-refractivity contribution is -0.219. The fraction of sp³-hybridized carbons (Fsp3) is 1.00. The summed E-state index contributed by atoms with van der Waals surface area (Å²) >= 11 is 0. The summed E-state index contributed by atoms with van der Waals surface area (Å²) in [4.78, 5) is 127. The molecule has 0 bridgehead atoms. The molecule has 312 valence electrons. The van der Waals surface area contributed by atoms with Crippen molar-refractivity contribution < 1.29 is 158 Å². The Balaban J connectivity index is 0.000000701. The van der Waals surface area contributed by atoms with Crippen molar-refractivity contribution in [1.82, 2.24) is 0 Å². The minimum atomic E-state index is -6.02. The number of rotatable bonds is 14. The monoisotopic (exact) mass is 920 g/mol. The summed E-state index contributed by atoms with van der Waals surface area (Å²) in [5, 5.41) is 46.1. The molecule has 52 heavy (non-hydrogen) atoms. The molecule has 0 aromatic carbocycles. The molecule has 4 atom stereocenters. The van der Waals surface area contributed by atoms with Gasteiger partial charge >= 0.3 is 54.8 Å². The molecule has 0 saturated heterocycles. The average Bonchev–Trinajstić information content (AvgIpc) is 2.86. The molecule has 0 amide bonds. The zero-order valence-electron chi connectivity index (χ0n) is 24.3. The lowest BCUT2D eigenvalue weighted by Gasteiger charge is -2.48. The van der Waals surface area contributed by atoms with Crippen molar-refractivity contribution >= 4 is 54.8 Å². The van der Waals surface area contributed by atoms with Crippen molar-refractivity contribution in [3.05, 3.63) is 0 Å². The second-order valence-corrected chi connectivity index (χ2v) is 18.2. The van der Waals surface area contributed by atoms with Crippen LogP contribution in [0, 0.1) is 0 Å². The average molecular weight is 920 g/mol. The first-order valence-corrected chi connectivity index (χ1v) is 23.0. The van der Waals surface area contributed by atoms with Crippen molar-refractivity contribution in [3.8, 4) is 0 Å². The smallest absolute Gasteiger partial charge is 0.387 e. The van der Waals surface area contributed by atoms with E-state index in [9.17, 15) is 52.4 Å². The third kappa shape index (κ3) is 17.8. The van der Waals surface area contributed by atoms with Crippen LogP contribution in [0.15, 0.2) is 0 Å². The van der Waals surface area contributed by atoms with Crippen LogP contribution in [-0.4, -0.2) is 167 Å². The van der Waals surface area contributed by atoms with Crippen LogP contribution in [0.25, 0.3) is 0 Å². The van der Waals surface area contributed by atoms with Gasteiger partial charge in [0.15, 0.2) is 0 Å². The second-order valence-electron chi connectivity index (χ2n) is 9.88. The summed E-state index contributed by atoms with van der Waals surface area (Å²) in [5.41, 5.74) is 0. The highest BCUT2D eigenvalue weighted by molar-refractivity contribution is 7.48.